The highest BCUT2D eigenvalue weighted by molar-refractivity contribution is 7.80. The Labute approximate surface area is 118 Å². The van der Waals surface area contributed by atoms with Gasteiger partial charge in [0.15, 0.2) is 0 Å². The second kappa shape index (κ2) is 7.04. The molecule has 0 aliphatic rings. The van der Waals surface area contributed by atoms with E-state index in [2.05, 4.69) is 70.7 Å². The van der Waals surface area contributed by atoms with Crippen molar-refractivity contribution in [2.24, 2.45) is 0 Å². The molecule has 0 atom stereocenters. The molecular formula is C17H26S. The van der Waals surface area contributed by atoms with Crippen molar-refractivity contribution < 1.29 is 0 Å². The lowest BCUT2D eigenvalue weighted by Gasteiger charge is -2.25. The average molecular weight is 262 g/mol. The van der Waals surface area contributed by atoms with Gasteiger partial charge in [0.05, 0.1) is 0 Å². The molecule has 0 unspecified atom stereocenters. The smallest absolute Gasteiger partial charge is 0.00401 e. The van der Waals surface area contributed by atoms with Gasteiger partial charge < -0.3 is 0 Å². The molecule has 0 saturated heterocycles. The highest BCUT2D eigenvalue weighted by Crippen LogP contribution is 2.29. The van der Waals surface area contributed by atoms with Gasteiger partial charge in [-0.1, -0.05) is 44.1 Å². The normalized spacial score (nSPS) is 11.4. The molecule has 0 aliphatic heterocycles. The molecule has 0 saturated carbocycles. The van der Waals surface area contributed by atoms with Gasteiger partial charge in [-0.3, -0.25) is 0 Å². The first-order valence-corrected chi connectivity index (χ1v) is 7.29. The molecule has 0 aromatic heterocycles. The van der Waals surface area contributed by atoms with Crippen LogP contribution in [0.5, 0.6) is 0 Å². The Hall–Kier alpha value is -0.690. The van der Waals surface area contributed by atoms with Crippen LogP contribution in [-0.4, -0.2) is 0 Å². The molecule has 0 aliphatic carbocycles. The SMILES string of the molecule is CC(C)=CCCCCC(C)(C)c1ccc(S)cc1. The van der Waals surface area contributed by atoms with Crippen molar-refractivity contribution in [3.8, 4) is 0 Å². The van der Waals surface area contributed by atoms with Gasteiger partial charge >= 0.3 is 0 Å². The molecule has 18 heavy (non-hydrogen) atoms. The average Bonchev–Trinajstić information content (AvgIpc) is 2.28. The quantitative estimate of drug-likeness (QED) is 0.375. The fraction of sp³-hybridized carbons (Fsp3) is 0.529. The van der Waals surface area contributed by atoms with E-state index in [1.165, 1.54) is 36.8 Å². The Balaban J connectivity index is 2.44. The Morgan fingerprint density at radius 3 is 2.28 bits per heavy atom. The van der Waals surface area contributed by atoms with Crippen LogP contribution >= 0.6 is 12.6 Å². The lowest BCUT2D eigenvalue weighted by molar-refractivity contribution is 0.453. The fourth-order valence-corrected chi connectivity index (χ4v) is 2.31. The van der Waals surface area contributed by atoms with E-state index >= 15 is 0 Å². The van der Waals surface area contributed by atoms with Crippen molar-refractivity contribution in [3.05, 3.63) is 41.5 Å². The van der Waals surface area contributed by atoms with E-state index in [9.17, 15) is 0 Å². The number of rotatable bonds is 6. The van der Waals surface area contributed by atoms with Crippen LogP contribution in [0.2, 0.25) is 0 Å². The number of hydrogen-bond acceptors (Lipinski definition) is 1. The van der Waals surface area contributed by atoms with E-state index in [4.69, 9.17) is 0 Å². The van der Waals surface area contributed by atoms with Gasteiger partial charge in [0.25, 0.3) is 0 Å². The molecule has 1 heteroatoms. The van der Waals surface area contributed by atoms with Crippen molar-refractivity contribution in [2.45, 2.75) is 63.7 Å². The summed E-state index contributed by atoms with van der Waals surface area (Å²) in [5, 5.41) is 0. The number of benzene rings is 1. The number of thiol groups is 1. The van der Waals surface area contributed by atoms with E-state index in [-0.39, 0.29) is 5.41 Å². The molecule has 0 spiro atoms. The van der Waals surface area contributed by atoms with E-state index in [0.29, 0.717) is 0 Å². The predicted molar refractivity (Wildman–Crippen MR) is 84.6 cm³/mol. The minimum atomic E-state index is 0.270. The third-order valence-electron chi connectivity index (χ3n) is 3.46. The summed E-state index contributed by atoms with van der Waals surface area (Å²) in [6.45, 7) is 9.01. The van der Waals surface area contributed by atoms with Crippen LogP contribution < -0.4 is 0 Å². The fourth-order valence-electron chi connectivity index (χ4n) is 2.16. The summed E-state index contributed by atoms with van der Waals surface area (Å²) in [5.74, 6) is 0. The van der Waals surface area contributed by atoms with Crippen LogP contribution in [0.1, 0.15) is 58.9 Å². The summed E-state index contributed by atoms with van der Waals surface area (Å²) in [6.07, 6.45) is 7.38. The van der Waals surface area contributed by atoms with E-state index in [1.54, 1.807) is 0 Å². The van der Waals surface area contributed by atoms with Crippen LogP contribution in [0.4, 0.5) is 0 Å². The molecule has 0 heterocycles. The largest absolute Gasteiger partial charge is 0.143 e. The Kier molecular flexibility index (Phi) is 6.01. The van der Waals surface area contributed by atoms with E-state index in [0.717, 1.165) is 4.90 Å². The second-order valence-corrected chi connectivity index (χ2v) is 6.47. The first kappa shape index (κ1) is 15.4. The molecule has 0 nitrogen and oxygen atoms in total. The summed E-state index contributed by atoms with van der Waals surface area (Å²) in [7, 11) is 0. The molecule has 0 fully saturated rings. The van der Waals surface area contributed by atoms with Crippen LogP contribution in [-0.2, 0) is 5.41 Å². The minimum Gasteiger partial charge on any atom is -0.143 e. The Morgan fingerprint density at radius 1 is 1.11 bits per heavy atom. The maximum atomic E-state index is 4.34. The molecule has 1 aromatic rings. The zero-order valence-corrected chi connectivity index (χ0v) is 13.1. The maximum absolute atomic E-state index is 4.34. The summed E-state index contributed by atoms with van der Waals surface area (Å²) >= 11 is 4.34. The van der Waals surface area contributed by atoms with Gasteiger partial charge in [-0.15, -0.1) is 12.6 Å². The van der Waals surface area contributed by atoms with Gasteiger partial charge in [-0.25, -0.2) is 0 Å². The molecule has 1 aromatic carbocycles. The third-order valence-corrected chi connectivity index (χ3v) is 3.76. The third kappa shape index (κ3) is 5.30. The molecule has 0 bridgehead atoms. The summed E-state index contributed by atoms with van der Waals surface area (Å²) in [4.78, 5) is 1.04. The molecule has 1 rings (SSSR count). The van der Waals surface area contributed by atoms with Crippen LogP contribution in [0.25, 0.3) is 0 Å². The first-order chi connectivity index (χ1) is 8.42. The van der Waals surface area contributed by atoms with Gasteiger partial charge in [0.2, 0.25) is 0 Å². The highest BCUT2D eigenvalue weighted by atomic mass is 32.1. The Bertz CT molecular complexity index is 381. The first-order valence-electron chi connectivity index (χ1n) is 6.85. The zero-order valence-electron chi connectivity index (χ0n) is 12.2. The van der Waals surface area contributed by atoms with Gasteiger partial charge in [0.1, 0.15) is 0 Å². The summed E-state index contributed by atoms with van der Waals surface area (Å²) in [6, 6.07) is 8.59. The van der Waals surface area contributed by atoms with Gasteiger partial charge in [-0.05, 0) is 56.2 Å². The lowest BCUT2D eigenvalue weighted by atomic mass is 9.80. The molecular weight excluding hydrogens is 236 g/mol. The van der Waals surface area contributed by atoms with E-state index in [1.807, 2.05) is 0 Å². The molecule has 0 amide bonds. The minimum absolute atomic E-state index is 0.270. The van der Waals surface area contributed by atoms with Crippen molar-refractivity contribution in [2.75, 3.05) is 0 Å². The van der Waals surface area contributed by atoms with Crippen LogP contribution in [0.3, 0.4) is 0 Å². The number of unbranched alkanes of at least 4 members (excludes halogenated alkanes) is 2. The monoisotopic (exact) mass is 262 g/mol. The lowest BCUT2D eigenvalue weighted by Crippen LogP contribution is -2.16. The van der Waals surface area contributed by atoms with Gasteiger partial charge in [0, 0.05) is 4.90 Å². The van der Waals surface area contributed by atoms with Crippen molar-refractivity contribution in [1.82, 2.24) is 0 Å². The highest BCUT2D eigenvalue weighted by Gasteiger charge is 2.19. The van der Waals surface area contributed by atoms with Crippen LogP contribution in [0.15, 0.2) is 40.8 Å². The van der Waals surface area contributed by atoms with Gasteiger partial charge in [-0.2, -0.15) is 0 Å². The summed E-state index contributed by atoms with van der Waals surface area (Å²) in [5.41, 5.74) is 3.12. The maximum Gasteiger partial charge on any atom is 0.00401 e. The molecule has 0 N–H and O–H groups in total. The van der Waals surface area contributed by atoms with Crippen LogP contribution in [0, 0.1) is 0 Å². The summed E-state index contributed by atoms with van der Waals surface area (Å²) < 4.78 is 0. The number of hydrogen-bond donors (Lipinski definition) is 1. The van der Waals surface area contributed by atoms with E-state index < -0.39 is 0 Å². The van der Waals surface area contributed by atoms with Crippen molar-refractivity contribution in [1.29, 1.82) is 0 Å². The Morgan fingerprint density at radius 2 is 1.72 bits per heavy atom. The van der Waals surface area contributed by atoms with Crippen molar-refractivity contribution >= 4 is 12.6 Å². The standard InChI is InChI=1S/C17H26S/c1-14(2)8-6-5-7-13-17(3,4)15-9-11-16(18)12-10-15/h8-12,18H,5-7,13H2,1-4H3. The number of allylic oxidation sites excluding steroid dienone is 2. The topological polar surface area (TPSA) is 0 Å². The molecule has 0 radical (unpaired) electrons. The van der Waals surface area contributed by atoms with Crippen molar-refractivity contribution in [3.63, 3.8) is 0 Å². The predicted octanol–water partition coefficient (Wildman–Crippen LogP) is 5.78. The molecule has 100 valence electrons. The second-order valence-electron chi connectivity index (χ2n) is 5.96. The zero-order chi connectivity index (χ0) is 13.6.